The number of aliphatic hydroxyl groups is 2. The summed E-state index contributed by atoms with van der Waals surface area (Å²) in [7, 11) is 2.09. The Bertz CT molecular complexity index is 520. The first kappa shape index (κ1) is 18.8. The third kappa shape index (κ3) is 5.00. The van der Waals surface area contributed by atoms with E-state index >= 15 is 0 Å². The van der Waals surface area contributed by atoms with Crippen molar-refractivity contribution in [1.82, 2.24) is 24.6 Å². The van der Waals surface area contributed by atoms with Crippen LogP contribution in [0, 0.1) is 0 Å². The molecule has 142 valence electrons. The van der Waals surface area contributed by atoms with Gasteiger partial charge in [-0.25, -0.2) is 0 Å². The Balaban J connectivity index is 1.50. The number of hydrogen-bond acceptors (Lipinski definition) is 6. The molecule has 0 aliphatic carbocycles. The van der Waals surface area contributed by atoms with Gasteiger partial charge in [-0.3, -0.25) is 4.90 Å². The van der Waals surface area contributed by atoms with Crippen LogP contribution < -0.4 is 0 Å². The molecule has 0 unspecified atom stereocenters. The molecule has 0 aromatic carbocycles. The molecular formula is C18H33N5O2. The summed E-state index contributed by atoms with van der Waals surface area (Å²) in [5, 5.41) is 27.5. The molecule has 0 bridgehead atoms. The monoisotopic (exact) mass is 351 g/mol. The van der Waals surface area contributed by atoms with Gasteiger partial charge in [0.05, 0.1) is 12.6 Å². The highest BCUT2D eigenvalue weighted by Crippen LogP contribution is 2.27. The van der Waals surface area contributed by atoms with Crippen molar-refractivity contribution in [3.8, 4) is 0 Å². The van der Waals surface area contributed by atoms with Crippen molar-refractivity contribution in [2.75, 3.05) is 39.3 Å². The van der Waals surface area contributed by atoms with Gasteiger partial charge in [-0.1, -0.05) is 0 Å². The van der Waals surface area contributed by atoms with E-state index in [4.69, 9.17) is 5.11 Å². The minimum Gasteiger partial charge on any atom is -0.396 e. The first-order chi connectivity index (χ1) is 12.2. The fourth-order valence-electron chi connectivity index (χ4n) is 4.01. The molecule has 0 amide bonds. The van der Waals surface area contributed by atoms with Crippen LogP contribution in [0.25, 0.3) is 0 Å². The van der Waals surface area contributed by atoms with Gasteiger partial charge in [0, 0.05) is 32.7 Å². The molecule has 3 heterocycles. The summed E-state index contributed by atoms with van der Waals surface area (Å²) in [5.74, 6) is 2.67. The first-order valence-electron chi connectivity index (χ1n) is 9.79. The maximum atomic E-state index is 9.64. The normalized spacial score (nSPS) is 21.9. The number of hydrogen-bond donors (Lipinski definition) is 2. The molecule has 0 atom stereocenters. The zero-order valence-electron chi connectivity index (χ0n) is 15.5. The molecule has 0 spiro atoms. The summed E-state index contributed by atoms with van der Waals surface area (Å²) in [6.07, 6.45) is 5.86. The van der Waals surface area contributed by atoms with E-state index in [9.17, 15) is 5.11 Å². The summed E-state index contributed by atoms with van der Waals surface area (Å²) in [6, 6.07) is 0. The number of rotatable bonds is 7. The van der Waals surface area contributed by atoms with E-state index in [1.807, 2.05) is 0 Å². The average Bonchev–Trinajstić information content (AvgIpc) is 2.98. The van der Waals surface area contributed by atoms with Gasteiger partial charge in [-0.15, -0.1) is 10.2 Å². The average molecular weight is 351 g/mol. The van der Waals surface area contributed by atoms with Crippen LogP contribution in [0.5, 0.6) is 0 Å². The second-order valence-electron chi connectivity index (χ2n) is 7.59. The molecule has 2 saturated heterocycles. The Hall–Kier alpha value is -1.02. The minimum absolute atomic E-state index is 0.131. The summed E-state index contributed by atoms with van der Waals surface area (Å²) in [6.45, 7) is 6.33. The largest absolute Gasteiger partial charge is 0.396 e. The van der Waals surface area contributed by atoms with Crippen LogP contribution >= 0.6 is 0 Å². The van der Waals surface area contributed by atoms with Crippen molar-refractivity contribution in [2.45, 2.75) is 57.1 Å². The molecule has 1 aromatic rings. The molecule has 7 nitrogen and oxygen atoms in total. The minimum atomic E-state index is -0.131. The smallest absolute Gasteiger partial charge is 0.146 e. The van der Waals surface area contributed by atoms with Gasteiger partial charge in [0.1, 0.15) is 11.6 Å². The predicted octanol–water partition coefficient (Wildman–Crippen LogP) is 0.724. The SMILES string of the molecule is Cn1c(CN2CCC(O)CC2)nnc1C1CCN(CCCCO)CC1. The van der Waals surface area contributed by atoms with Crippen molar-refractivity contribution >= 4 is 0 Å². The van der Waals surface area contributed by atoms with Crippen molar-refractivity contribution in [1.29, 1.82) is 0 Å². The number of unbranched alkanes of at least 4 members (excludes halogenated alkanes) is 1. The zero-order valence-corrected chi connectivity index (χ0v) is 15.5. The third-order valence-electron chi connectivity index (χ3n) is 5.76. The van der Waals surface area contributed by atoms with E-state index in [0.29, 0.717) is 12.5 Å². The first-order valence-corrected chi connectivity index (χ1v) is 9.79. The van der Waals surface area contributed by atoms with E-state index in [-0.39, 0.29) is 6.10 Å². The maximum Gasteiger partial charge on any atom is 0.146 e. The molecular weight excluding hydrogens is 318 g/mol. The second-order valence-corrected chi connectivity index (χ2v) is 7.59. The van der Waals surface area contributed by atoms with Crippen LogP contribution in [0.2, 0.25) is 0 Å². The van der Waals surface area contributed by atoms with E-state index in [0.717, 1.165) is 89.4 Å². The molecule has 2 aliphatic heterocycles. The van der Waals surface area contributed by atoms with Crippen LogP contribution in [-0.4, -0.2) is 80.2 Å². The molecule has 7 heteroatoms. The molecule has 1 aromatic heterocycles. The van der Waals surface area contributed by atoms with Gasteiger partial charge < -0.3 is 19.7 Å². The van der Waals surface area contributed by atoms with Crippen LogP contribution in [0.15, 0.2) is 0 Å². The molecule has 25 heavy (non-hydrogen) atoms. The van der Waals surface area contributed by atoms with Crippen molar-refractivity contribution in [2.24, 2.45) is 7.05 Å². The molecule has 0 saturated carbocycles. The summed E-state index contributed by atoms with van der Waals surface area (Å²) in [5.41, 5.74) is 0. The second kappa shape index (κ2) is 9.07. The van der Waals surface area contributed by atoms with E-state index in [2.05, 4.69) is 31.6 Å². The van der Waals surface area contributed by atoms with Gasteiger partial charge >= 0.3 is 0 Å². The Morgan fingerprint density at radius 2 is 1.64 bits per heavy atom. The van der Waals surface area contributed by atoms with Crippen LogP contribution in [0.3, 0.4) is 0 Å². The molecule has 2 fully saturated rings. The third-order valence-corrected chi connectivity index (χ3v) is 5.76. The lowest BCUT2D eigenvalue weighted by Crippen LogP contribution is -2.36. The van der Waals surface area contributed by atoms with Crippen LogP contribution in [0.1, 0.15) is 56.1 Å². The number of nitrogens with zero attached hydrogens (tertiary/aromatic N) is 5. The molecule has 2 aliphatic rings. The summed E-state index contributed by atoms with van der Waals surface area (Å²) < 4.78 is 2.19. The van der Waals surface area contributed by atoms with Crippen LogP contribution in [0.4, 0.5) is 0 Å². The number of aromatic nitrogens is 3. The van der Waals surface area contributed by atoms with Crippen molar-refractivity contribution in [3.05, 3.63) is 11.6 Å². The topological polar surface area (TPSA) is 77.7 Å². The zero-order chi connectivity index (χ0) is 17.6. The molecule has 3 rings (SSSR count). The number of aliphatic hydroxyl groups excluding tert-OH is 2. The lowest BCUT2D eigenvalue weighted by Gasteiger charge is -2.31. The Labute approximate surface area is 150 Å². The van der Waals surface area contributed by atoms with Crippen molar-refractivity contribution in [3.63, 3.8) is 0 Å². The molecule has 2 N–H and O–H groups in total. The highest BCUT2D eigenvalue weighted by molar-refractivity contribution is 5.03. The standard InChI is InChI=1S/C18H33N5O2/c1-21-17(14-23-11-6-16(25)7-12-23)19-20-18(21)15-4-9-22(10-5-15)8-2-3-13-24/h15-16,24-25H,2-14H2,1H3. The van der Waals surface area contributed by atoms with Gasteiger partial charge in [0.25, 0.3) is 0 Å². The lowest BCUT2D eigenvalue weighted by molar-refractivity contribution is 0.0775. The fraction of sp³-hybridized carbons (Fsp3) is 0.889. The predicted molar refractivity (Wildman–Crippen MR) is 96.3 cm³/mol. The fourth-order valence-corrected chi connectivity index (χ4v) is 4.01. The van der Waals surface area contributed by atoms with Gasteiger partial charge in [0.15, 0.2) is 0 Å². The summed E-state index contributed by atoms with van der Waals surface area (Å²) >= 11 is 0. The lowest BCUT2D eigenvalue weighted by atomic mass is 9.95. The maximum absolute atomic E-state index is 9.64. The number of likely N-dealkylation sites (tertiary alicyclic amines) is 2. The Morgan fingerprint density at radius 1 is 0.960 bits per heavy atom. The van der Waals surface area contributed by atoms with Crippen molar-refractivity contribution < 1.29 is 10.2 Å². The van der Waals surface area contributed by atoms with Gasteiger partial charge in [-0.05, 0) is 58.2 Å². The van der Waals surface area contributed by atoms with E-state index in [1.54, 1.807) is 0 Å². The Morgan fingerprint density at radius 3 is 2.32 bits per heavy atom. The molecule has 0 radical (unpaired) electrons. The van der Waals surface area contributed by atoms with Gasteiger partial charge in [0.2, 0.25) is 0 Å². The van der Waals surface area contributed by atoms with E-state index in [1.165, 1.54) is 0 Å². The van der Waals surface area contributed by atoms with Crippen LogP contribution in [-0.2, 0) is 13.6 Å². The van der Waals surface area contributed by atoms with E-state index < -0.39 is 0 Å². The highest BCUT2D eigenvalue weighted by Gasteiger charge is 2.26. The van der Waals surface area contributed by atoms with Gasteiger partial charge in [-0.2, -0.15) is 0 Å². The Kier molecular flexibility index (Phi) is 6.81. The highest BCUT2D eigenvalue weighted by atomic mass is 16.3. The quantitative estimate of drug-likeness (QED) is 0.705. The number of piperidine rings is 2. The summed E-state index contributed by atoms with van der Waals surface area (Å²) in [4.78, 5) is 4.87.